The quantitative estimate of drug-likeness (QED) is 0.747. The van der Waals surface area contributed by atoms with Gasteiger partial charge in [-0.25, -0.2) is 4.39 Å². The number of hydrogen-bond acceptors (Lipinski definition) is 5. The Hall–Kier alpha value is -2.45. The van der Waals surface area contributed by atoms with E-state index < -0.39 is 6.04 Å². The van der Waals surface area contributed by atoms with Gasteiger partial charge in [0.25, 0.3) is 0 Å². The van der Waals surface area contributed by atoms with Gasteiger partial charge in [0, 0.05) is 4.88 Å². The lowest BCUT2D eigenvalue weighted by atomic mass is 10.2. The number of halogens is 1. The Morgan fingerprint density at radius 2 is 2.15 bits per heavy atom. The van der Waals surface area contributed by atoms with Crippen LogP contribution in [0.4, 0.5) is 4.39 Å². The van der Waals surface area contributed by atoms with Crippen molar-refractivity contribution in [3.05, 3.63) is 52.5 Å². The second-order valence-electron chi connectivity index (χ2n) is 5.73. The van der Waals surface area contributed by atoms with Crippen LogP contribution in [0.25, 0.3) is 0 Å². The molecule has 2 amide bonds. The lowest BCUT2D eigenvalue weighted by Gasteiger charge is -2.34. The summed E-state index contributed by atoms with van der Waals surface area (Å²) in [6.07, 6.45) is 0. The molecule has 1 fully saturated rings. The molecular formula is C18H19FN2O4S. The molecule has 0 unspecified atom stereocenters. The predicted molar refractivity (Wildman–Crippen MR) is 94.4 cm³/mol. The van der Waals surface area contributed by atoms with Gasteiger partial charge in [-0.1, -0.05) is 6.07 Å². The normalized spacial score (nSPS) is 17.2. The second kappa shape index (κ2) is 8.77. The summed E-state index contributed by atoms with van der Waals surface area (Å²) in [4.78, 5) is 27.2. The molecule has 1 aliphatic rings. The van der Waals surface area contributed by atoms with Crippen molar-refractivity contribution < 1.29 is 23.5 Å². The number of rotatable bonds is 7. The van der Waals surface area contributed by atoms with Gasteiger partial charge in [-0.3, -0.25) is 9.59 Å². The van der Waals surface area contributed by atoms with Gasteiger partial charge in [0.05, 0.1) is 19.7 Å². The van der Waals surface area contributed by atoms with Crippen LogP contribution in [-0.2, 0) is 20.9 Å². The number of hydrogen-bond donors (Lipinski definition) is 1. The zero-order valence-electron chi connectivity index (χ0n) is 14.0. The van der Waals surface area contributed by atoms with Crippen LogP contribution in [0.2, 0.25) is 0 Å². The maximum Gasteiger partial charge on any atom is 0.249 e. The fraction of sp³-hybridized carbons (Fsp3) is 0.333. The van der Waals surface area contributed by atoms with E-state index in [-0.39, 0.29) is 44.0 Å². The molecule has 2 aromatic rings. The van der Waals surface area contributed by atoms with Crippen molar-refractivity contribution >= 4 is 23.2 Å². The van der Waals surface area contributed by atoms with E-state index in [1.54, 1.807) is 4.90 Å². The van der Waals surface area contributed by atoms with Crippen molar-refractivity contribution in [2.75, 3.05) is 26.4 Å². The number of carbonyl (C=O) groups is 2. The smallest absolute Gasteiger partial charge is 0.249 e. The first kappa shape index (κ1) is 18.3. The molecule has 0 bridgehead atoms. The van der Waals surface area contributed by atoms with Gasteiger partial charge in [-0.05, 0) is 35.7 Å². The molecule has 26 heavy (non-hydrogen) atoms. The molecule has 1 aromatic heterocycles. The molecule has 1 N–H and O–H groups in total. The molecule has 0 aliphatic carbocycles. The average molecular weight is 378 g/mol. The summed E-state index contributed by atoms with van der Waals surface area (Å²) < 4.78 is 23.5. The molecule has 1 saturated heterocycles. The van der Waals surface area contributed by atoms with Gasteiger partial charge in [-0.2, -0.15) is 0 Å². The van der Waals surface area contributed by atoms with E-state index in [9.17, 15) is 14.0 Å². The first-order valence-electron chi connectivity index (χ1n) is 8.19. The van der Waals surface area contributed by atoms with Crippen LogP contribution in [0.5, 0.6) is 5.75 Å². The number of benzene rings is 1. The molecule has 0 saturated carbocycles. The molecule has 3 rings (SSSR count). The highest BCUT2D eigenvalue weighted by Gasteiger charge is 2.34. The molecule has 1 atom stereocenters. The molecule has 2 heterocycles. The van der Waals surface area contributed by atoms with Crippen molar-refractivity contribution in [3.8, 4) is 5.75 Å². The summed E-state index contributed by atoms with van der Waals surface area (Å²) in [6.45, 7) is 1.06. The van der Waals surface area contributed by atoms with E-state index in [2.05, 4.69) is 5.32 Å². The minimum atomic E-state index is -0.663. The third kappa shape index (κ3) is 4.80. The average Bonchev–Trinajstić information content (AvgIpc) is 3.15. The minimum absolute atomic E-state index is 0.0111. The lowest BCUT2D eigenvalue weighted by Crippen LogP contribution is -2.56. The van der Waals surface area contributed by atoms with E-state index in [1.807, 2.05) is 17.5 Å². The van der Waals surface area contributed by atoms with E-state index in [4.69, 9.17) is 9.47 Å². The minimum Gasteiger partial charge on any atom is -0.492 e. The number of morpholine rings is 1. The van der Waals surface area contributed by atoms with E-state index >= 15 is 0 Å². The van der Waals surface area contributed by atoms with Crippen LogP contribution in [-0.4, -0.2) is 49.1 Å². The highest BCUT2D eigenvalue weighted by atomic mass is 32.1. The van der Waals surface area contributed by atoms with Crippen molar-refractivity contribution in [1.82, 2.24) is 10.2 Å². The Kier molecular flexibility index (Phi) is 6.19. The van der Waals surface area contributed by atoms with Gasteiger partial charge in [0.2, 0.25) is 11.8 Å². The fourth-order valence-electron chi connectivity index (χ4n) is 2.58. The van der Waals surface area contributed by atoms with E-state index in [0.29, 0.717) is 12.3 Å². The molecule has 1 aromatic carbocycles. The van der Waals surface area contributed by atoms with Crippen molar-refractivity contribution in [2.45, 2.75) is 12.6 Å². The summed E-state index contributed by atoms with van der Waals surface area (Å²) in [5.41, 5.74) is 0. The molecule has 0 radical (unpaired) electrons. The van der Waals surface area contributed by atoms with Crippen LogP contribution in [0.3, 0.4) is 0 Å². The maximum atomic E-state index is 12.8. The number of amides is 2. The van der Waals surface area contributed by atoms with Crippen LogP contribution in [0.1, 0.15) is 4.88 Å². The maximum absolute atomic E-state index is 12.8. The van der Waals surface area contributed by atoms with Gasteiger partial charge >= 0.3 is 0 Å². The number of nitrogens with one attached hydrogen (secondary N) is 1. The molecule has 138 valence electrons. The summed E-state index contributed by atoms with van der Waals surface area (Å²) >= 11 is 1.54. The summed E-state index contributed by atoms with van der Waals surface area (Å²) in [7, 11) is 0. The third-order valence-corrected chi connectivity index (χ3v) is 4.75. The van der Waals surface area contributed by atoms with Crippen molar-refractivity contribution in [2.24, 2.45) is 0 Å². The molecule has 1 aliphatic heterocycles. The van der Waals surface area contributed by atoms with Gasteiger partial charge in [0.1, 0.15) is 30.8 Å². The van der Waals surface area contributed by atoms with Crippen LogP contribution in [0.15, 0.2) is 41.8 Å². The Morgan fingerprint density at radius 1 is 1.35 bits per heavy atom. The van der Waals surface area contributed by atoms with Gasteiger partial charge in [0.15, 0.2) is 0 Å². The van der Waals surface area contributed by atoms with Crippen molar-refractivity contribution in [1.29, 1.82) is 0 Å². The standard InChI is InChI=1S/C18H19FN2O4S/c19-13-3-5-14(6-4-13)25-8-7-20-18(23)16-11-24-12-17(22)21(16)10-15-2-1-9-26-15/h1-6,9,16H,7-8,10-12H2,(H,20,23)/t16-/m1/s1. The SMILES string of the molecule is O=C(NCCOc1ccc(F)cc1)[C@H]1COCC(=O)N1Cc1cccs1. The number of thiophene rings is 1. The second-order valence-corrected chi connectivity index (χ2v) is 6.76. The number of nitrogens with zero attached hydrogens (tertiary/aromatic N) is 1. The largest absolute Gasteiger partial charge is 0.492 e. The lowest BCUT2D eigenvalue weighted by molar-refractivity contribution is -0.155. The summed E-state index contributed by atoms with van der Waals surface area (Å²) in [5.74, 6) is -0.292. The van der Waals surface area contributed by atoms with Gasteiger partial charge < -0.3 is 19.7 Å². The van der Waals surface area contributed by atoms with E-state index in [0.717, 1.165) is 4.88 Å². The Morgan fingerprint density at radius 3 is 2.88 bits per heavy atom. The zero-order valence-corrected chi connectivity index (χ0v) is 14.8. The van der Waals surface area contributed by atoms with Crippen molar-refractivity contribution in [3.63, 3.8) is 0 Å². The zero-order chi connectivity index (χ0) is 18.4. The Labute approximate surface area is 154 Å². The molecule has 0 spiro atoms. The molecular weight excluding hydrogens is 359 g/mol. The Bertz CT molecular complexity index is 736. The first-order valence-corrected chi connectivity index (χ1v) is 9.07. The number of ether oxygens (including phenoxy) is 2. The Balaban J connectivity index is 1.50. The van der Waals surface area contributed by atoms with Gasteiger partial charge in [-0.15, -0.1) is 11.3 Å². The van der Waals surface area contributed by atoms with Crippen LogP contribution < -0.4 is 10.1 Å². The van der Waals surface area contributed by atoms with Crippen LogP contribution in [0, 0.1) is 5.82 Å². The number of carbonyl (C=O) groups excluding carboxylic acids is 2. The molecule has 8 heteroatoms. The highest BCUT2D eigenvalue weighted by Crippen LogP contribution is 2.17. The topological polar surface area (TPSA) is 67.9 Å². The first-order chi connectivity index (χ1) is 12.6. The fourth-order valence-corrected chi connectivity index (χ4v) is 3.29. The third-order valence-electron chi connectivity index (χ3n) is 3.89. The predicted octanol–water partition coefficient (Wildman–Crippen LogP) is 1.81. The summed E-state index contributed by atoms with van der Waals surface area (Å²) in [6, 6.07) is 8.83. The molecule has 6 nitrogen and oxygen atoms in total. The van der Waals surface area contributed by atoms with E-state index in [1.165, 1.54) is 35.6 Å². The monoisotopic (exact) mass is 378 g/mol. The highest BCUT2D eigenvalue weighted by molar-refractivity contribution is 7.09. The summed E-state index contributed by atoms with van der Waals surface area (Å²) in [5, 5.41) is 4.69. The van der Waals surface area contributed by atoms with Crippen LogP contribution >= 0.6 is 11.3 Å².